The number of methoxy groups -OCH3 is 1. The van der Waals surface area contributed by atoms with E-state index in [2.05, 4.69) is 46.7 Å². The smallest absolute Gasteiger partial charge is 0.255 e. The Labute approximate surface area is 201 Å². The van der Waals surface area contributed by atoms with Gasteiger partial charge in [-0.15, -0.1) is 0 Å². The maximum Gasteiger partial charge on any atom is 0.255 e. The van der Waals surface area contributed by atoms with Crippen LogP contribution >= 0.6 is 0 Å². The Morgan fingerprint density at radius 1 is 0.971 bits per heavy atom. The van der Waals surface area contributed by atoms with Crippen LogP contribution in [0.5, 0.6) is 5.75 Å². The average molecular weight is 454 g/mol. The SMILES string of the molecule is COc1ccc(-n2c([C@@H]3CCCCN3C(=O)c3c(C)cc(C)cc3C)nc3ccccc32)cc1. The lowest BCUT2D eigenvalue weighted by atomic mass is 9.95. The van der Waals surface area contributed by atoms with E-state index in [1.807, 2.05) is 44.2 Å². The number of likely N-dealkylation sites (tertiary alicyclic amines) is 1. The molecule has 0 radical (unpaired) electrons. The molecule has 1 aromatic heterocycles. The number of carbonyl (C=O) groups excluding carboxylic acids is 1. The van der Waals surface area contributed by atoms with Crippen LogP contribution in [0.2, 0.25) is 0 Å². The maximum absolute atomic E-state index is 14.0. The molecule has 1 fully saturated rings. The van der Waals surface area contributed by atoms with Gasteiger partial charge in [-0.05, 0) is 87.6 Å². The van der Waals surface area contributed by atoms with Gasteiger partial charge < -0.3 is 9.64 Å². The first-order valence-corrected chi connectivity index (χ1v) is 12.0. The highest BCUT2D eigenvalue weighted by Crippen LogP contribution is 2.36. The lowest BCUT2D eigenvalue weighted by Gasteiger charge is -2.36. The number of benzene rings is 3. The van der Waals surface area contributed by atoms with Crippen LogP contribution in [0, 0.1) is 20.8 Å². The molecule has 3 aromatic carbocycles. The van der Waals surface area contributed by atoms with Gasteiger partial charge in [0, 0.05) is 17.8 Å². The first-order chi connectivity index (χ1) is 16.5. The van der Waals surface area contributed by atoms with E-state index in [1.165, 1.54) is 5.56 Å². The summed E-state index contributed by atoms with van der Waals surface area (Å²) in [7, 11) is 1.67. The molecule has 5 rings (SSSR count). The zero-order valence-electron chi connectivity index (χ0n) is 20.3. The fourth-order valence-electron chi connectivity index (χ4n) is 5.37. The number of hydrogen-bond acceptors (Lipinski definition) is 3. The number of amides is 1. The zero-order chi connectivity index (χ0) is 23.8. The van der Waals surface area contributed by atoms with Crippen molar-refractivity contribution in [3.05, 3.63) is 88.7 Å². The van der Waals surface area contributed by atoms with E-state index in [4.69, 9.17) is 9.72 Å². The van der Waals surface area contributed by atoms with E-state index in [-0.39, 0.29) is 11.9 Å². The van der Waals surface area contributed by atoms with Crippen molar-refractivity contribution >= 4 is 16.9 Å². The highest BCUT2D eigenvalue weighted by molar-refractivity contribution is 5.97. The Morgan fingerprint density at radius 2 is 1.68 bits per heavy atom. The summed E-state index contributed by atoms with van der Waals surface area (Å²) in [5.41, 5.74) is 7.08. The number of aryl methyl sites for hydroxylation is 3. The minimum atomic E-state index is -0.0872. The predicted molar refractivity (Wildman–Crippen MR) is 136 cm³/mol. The molecule has 5 heteroatoms. The number of carbonyl (C=O) groups is 1. The summed E-state index contributed by atoms with van der Waals surface area (Å²) in [4.78, 5) is 21.1. The van der Waals surface area contributed by atoms with E-state index in [1.54, 1.807) is 7.11 Å². The summed E-state index contributed by atoms with van der Waals surface area (Å²) in [6, 6.07) is 20.4. The highest BCUT2D eigenvalue weighted by Gasteiger charge is 2.34. The van der Waals surface area contributed by atoms with Crippen LogP contribution in [-0.4, -0.2) is 34.0 Å². The Kier molecular flexibility index (Phi) is 5.86. The van der Waals surface area contributed by atoms with Crippen molar-refractivity contribution in [1.29, 1.82) is 0 Å². The van der Waals surface area contributed by atoms with Crippen molar-refractivity contribution in [1.82, 2.24) is 14.5 Å². The summed E-state index contributed by atoms with van der Waals surface area (Å²) in [5.74, 6) is 1.84. The van der Waals surface area contributed by atoms with Crippen molar-refractivity contribution in [3.63, 3.8) is 0 Å². The monoisotopic (exact) mass is 453 g/mol. The largest absolute Gasteiger partial charge is 0.497 e. The van der Waals surface area contributed by atoms with E-state index in [0.29, 0.717) is 0 Å². The molecule has 174 valence electrons. The van der Waals surface area contributed by atoms with Gasteiger partial charge in [0.25, 0.3) is 5.91 Å². The molecule has 0 spiro atoms. The molecule has 34 heavy (non-hydrogen) atoms. The first-order valence-electron chi connectivity index (χ1n) is 12.0. The fraction of sp³-hybridized carbons (Fsp3) is 0.310. The van der Waals surface area contributed by atoms with Crippen LogP contribution in [0.1, 0.15) is 58.2 Å². The van der Waals surface area contributed by atoms with Crippen LogP contribution in [-0.2, 0) is 0 Å². The second-order valence-corrected chi connectivity index (χ2v) is 9.28. The molecule has 1 saturated heterocycles. The van der Waals surface area contributed by atoms with Crippen molar-refractivity contribution in [2.45, 2.75) is 46.1 Å². The first kappa shape index (κ1) is 22.2. The quantitative estimate of drug-likeness (QED) is 0.363. The molecule has 1 aliphatic heterocycles. The van der Waals surface area contributed by atoms with Gasteiger partial charge in [0.15, 0.2) is 0 Å². The van der Waals surface area contributed by atoms with Crippen LogP contribution in [0.3, 0.4) is 0 Å². The van der Waals surface area contributed by atoms with Crippen molar-refractivity contribution in [2.75, 3.05) is 13.7 Å². The summed E-state index contributed by atoms with van der Waals surface area (Å²) < 4.78 is 7.58. The maximum atomic E-state index is 14.0. The fourth-order valence-corrected chi connectivity index (χ4v) is 5.37. The van der Waals surface area contributed by atoms with Gasteiger partial charge in [-0.25, -0.2) is 4.98 Å². The molecule has 0 unspecified atom stereocenters. The number of nitrogens with zero attached hydrogens (tertiary/aromatic N) is 3. The summed E-state index contributed by atoms with van der Waals surface area (Å²) in [6.07, 6.45) is 2.98. The molecule has 1 amide bonds. The lowest BCUT2D eigenvalue weighted by Crippen LogP contribution is -2.40. The van der Waals surface area contributed by atoms with Gasteiger partial charge in [0.2, 0.25) is 0 Å². The molecule has 1 atom stereocenters. The van der Waals surface area contributed by atoms with E-state index >= 15 is 0 Å². The minimum absolute atomic E-state index is 0.0872. The Bertz CT molecular complexity index is 1330. The summed E-state index contributed by atoms with van der Waals surface area (Å²) in [5, 5.41) is 0. The van der Waals surface area contributed by atoms with Crippen LogP contribution in [0.25, 0.3) is 16.7 Å². The van der Waals surface area contributed by atoms with Crippen LogP contribution in [0.4, 0.5) is 0 Å². The van der Waals surface area contributed by atoms with E-state index in [0.717, 1.165) is 70.8 Å². The molecule has 0 N–H and O–H groups in total. The normalized spacial score (nSPS) is 16.1. The number of piperidine rings is 1. The van der Waals surface area contributed by atoms with Crippen molar-refractivity contribution < 1.29 is 9.53 Å². The zero-order valence-corrected chi connectivity index (χ0v) is 20.3. The number of aromatic nitrogens is 2. The molecule has 1 aliphatic rings. The molecule has 0 aliphatic carbocycles. The Morgan fingerprint density at radius 3 is 2.38 bits per heavy atom. The number of fused-ring (bicyclic) bond motifs is 1. The molecule has 5 nitrogen and oxygen atoms in total. The number of ether oxygens (including phenoxy) is 1. The summed E-state index contributed by atoms with van der Waals surface area (Å²) >= 11 is 0. The second-order valence-electron chi connectivity index (χ2n) is 9.28. The van der Waals surface area contributed by atoms with Crippen molar-refractivity contribution in [3.8, 4) is 11.4 Å². The standard InChI is InChI=1S/C29H31N3O2/c1-19-17-20(2)27(21(3)18-19)29(33)31-16-8-7-11-26(31)28-30-24-9-5-6-10-25(24)32(28)22-12-14-23(34-4)15-13-22/h5-6,9-10,12-15,17-18,26H,7-8,11,16H2,1-4H3/t26-/m0/s1. The number of para-hydroxylation sites is 2. The highest BCUT2D eigenvalue weighted by atomic mass is 16.5. The van der Waals surface area contributed by atoms with Gasteiger partial charge in [-0.2, -0.15) is 0 Å². The molecule has 4 aromatic rings. The van der Waals surface area contributed by atoms with Crippen LogP contribution < -0.4 is 4.74 Å². The van der Waals surface area contributed by atoms with Gasteiger partial charge in [0.1, 0.15) is 11.6 Å². The topological polar surface area (TPSA) is 47.4 Å². The minimum Gasteiger partial charge on any atom is -0.497 e. The molecule has 2 heterocycles. The predicted octanol–water partition coefficient (Wildman–Crippen LogP) is 6.33. The van der Waals surface area contributed by atoms with Gasteiger partial charge in [-0.1, -0.05) is 29.8 Å². The number of imidazole rings is 1. The van der Waals surface area contributed by atoms with Gasteiger partial charge in [-0.3, -0.25) is 9.36 Å². The van der Waals surface area contributed by atoms with E-state index < -0.39 is 0 Å². The third-order valence-corrected chi connectivity index (χ3v) is 6.87. The average Bonchev–Trinajstić information content (AvgIpc) is 3.23. The Hall–Kier alpha value is -3.60. The number of hydrogen-bond donors (Lipinski definition) is 0. The third kappa shape index (κ3) is 3.85. The van der Waals surface area contributed by atoms with Crippen LogP contribution in [0.15, 0.2) is 60.7 Å². The van der Waals surface area contributed by atoms with Crippen molar-refractivity contribution in [2.24, 2.45) is 0 Å². The number of rotatable bonds is 4. The molecular formula is C29H31N3O2. The summed E-state index contributed by atoms with van der Waals surface area (Å²) in [6.45, 7) is 6.90. The Balaban J connectivity index is 1.64. The van der Waals surface area contributed by atoms with Gasteiger partial charge >= 0.3 is 0 Å². The van der Waals surface area contributed by atoms with Gasteiger partial charge in [0.05, 0.1) is 24.2 Å². The van der Waals surface area contributed by atoms with E-state index in [9.17, 15) is 4.79 Å². The molecule has 0 saturated carbocycles. The lowest BCUT2D eigenvalue weighted by molar-refractivity contribution is 0.0597. The molecular weight excluding hydrogens is 422 g/mol. The molecule has 0 bridgehead atoms. The third-order valence-electron chi connectivity index (χ3n) is 6.87. The second kappa shape index (κ2) is 8.98.